The maximum Gasteiger partial charge on any atom is 0.240 e. The third-order valence-corrected chi connectivity index (χ3v) is 8.74. The summed E-state index contributed by atoms with van der Waals surface area (Å²) in [5.74, 6) is 0.000419. The molecule has 0 saturated carbocycles. The van der Waals surface area contributed by atoms with Crippen LogP contribution in [0, 0.1) is 12.8 Å². The van der Waals surface area contributed by atoms with Crippen LogP contribution in [0.3, 0.4) is 0 Å². The van der Waals surface area contributed by atoms with Crippen molar-refractivity contribution >= 4 is 23.0 Å². The minimum atomic E-state index is -0.682. The molecule has 0 spiro atoms. The number of carbonyl (C=O) groups excluding carboxylic acids is 2. The number of amides is 1. The number of thiazole rings is 1. The summed E-state index contributed by atoms with van der Waals surface area (Å²) < 4.78 is 0. The molecule has 0 aliphatic carbocycles. The fourth-order valence-corrected chi connectivity index (χ4v) is 6.01. The molecule has 1 fully saturated rings. The summed E-state index contributed by atoms with van der Waals surface area (Å²) in [7, 11) is 0. The lowest BCUT2D eigenvalue weighted by atomic mass is 9.94. The average Bonchev–Trinajstić information content (AvgIpc) is 3.55. The standard InChI is InChI=1S/C31H39N3O3S/c1-5-20(2)29(33-21(3)24-9-7-6-8-10-24)31(37)34-18-26(35)17-27(34)28(36)16-13-23-11-14-25(15-12-23)30-22(4)32-19-38-30/h6-12,14-15,19-21,26-27,29,33,35H,5,13,16-18H2,1-4H3/t20-,21?,26+,27-,29?/m0/s1. The number of Topliss-reactive ketones (excluding diaryl/α,β-unsaturated/α-hetero) is 1. The van der Waals surface area contributed by atoms with Crippen molar-refractivity contribution in [1.29, 1.82) is 0 Å². The van der Waals surface area contributed by atoms with E-state index in [2.05, 4.69) is 55.3 Å². The molecular weight excluding hydrogens is 494 g/mol. The topological polar surface area (TPSA) is 82.5 Å². The Balaban J connectivity index is 1.42. The van der Waals surface area contributed by atoms with Crippen molar-refractivity contribution in [2.75, 3.05) is 6.54 Å². The Labute approximate surface area is 230 Å². The zero-order chi connectivity index (χ0) is 27.2. The largest absolute Gasteiger partial charge is 0.391 e. The molecule has 2 unspecified atom stereocenters. The lowest BCUT2D eigenvalue weighted by Crippen LogP contribution is -2.53. The highest BCUT2D eigenvalue weighted by Gasteiger charge is 2.41. The van der Waals surface area contributed by atoms with Crippen LogP contribution in [0.4, 0.5) is 0 Å². The van der Waals surface area contributed by atoms with Gasteiger partial charge in [-0.2, -0.15) is 0 Å². The van der Waals surface area contributed by atoms with Crippen LogP contribution in [0.15, 0.2) is 60.1 Å². The van der Waals surface area contributed by atoms with Crippen LogP contribution in [0.5, 0.6) is 0 Å². The van der Waals surface area contributed by atoms with Gasteiger partial charge in [-0.05, 0) is 42.9 Å². The molecule has 3 aromatic rings. The van der Waals surface area contributed by atoms with E-state index in [-0.39, 0.29) is 30.2 Å². The smallest absolute Gasteiger partial charge is 0.240 e. The number of aliphatic hydroxyl groups excluding tert-OH is 1. The molecule has 1 saturated heterocycles. The SMILES string of the molecule is CC[C@H](C)C(NC(C)c1ccccc1)C(=O)N1C[C@H](O)C[C@H]1C(=O)CCc1ccc(-c2scnc2C)cc1. The number of aryl methyl sites for hydroxylation is 2. The van der Waals surface area contributed by atoms with Crippen LogP contribution in [0.2, 0.25) is 0 Å². The summed E-state index contributed by atoms with van der Waals surface area (Å²) in [5, 5.41) is 14.0. The Morgan fingerprint density at radius 3 is 2.47 bits per heavy atom. The van der Waals surface area contributed by atoms with Gasteiger partial charge in [0, 0.05) is 25.4 Å². The van der Waals surface area contributed by atoms with Crippen LogP contribution < -0.4 is 5.32 Å². The third kappa shape index (κ3) is 6.57. The molecule has 202 valence electrons. The van der Waals surface area contributed by atoms with Crippen LogP contribution in [0.25, 0.3) is 10.4 Å². The van der Waals surface area contributed by atoms with Crippen molar-refractivity contribution in [3.8, 4) is 10.4 Å². The summed E-state index contributed by atoms with van der Waals surface area (Å²) in [5.41, 5.74) is 6.19. The molecule has 0 bridgehead atoms. The summed E-state index contributed by atoms with van der Waals surface area (Å²) in [6.45, 7) is 8.40. The highest BCUT2D eigenvalue weighted by molar-refractivity contribution is 7.13. The molecule has 1 amide bonds. The first kappa shape index (κ1) is 28.1. The highest BCUT2D eigenvalue weighted by Crippen LogP contribution is 2.28. The molecule has 1 aliphatic rings. The maximum absolute atomic E-state index is 13.8. The fraction of sp³-hybridized carbons (Fsp3) is 0.452. The summed E-state index contributed by atoms with van der Waals surface area (Å²) in [6, 6.07) is 17.3. The Kier molecular flexibility index (Phi) is 9.47. The van der Waals surface area contributed by atoms with E-state index in [0.29, 0.717) is 19.3 Å². The lowest BCUT2D eigenvalue weighted by Gasteiger charge is -2.33. The molecular formula is C31H39N3O3S. The monoisotopic (exact) mass is 533 g/mol. The van der Waals surface area contributed by atoms with Crippen molar-refractivity contribution in [3.63, 3.8) is 0 Å². The zero-order valence-electron chi connectivity index (χ0n) is 22.8. The van der Waals surface area contributed by atoms with E-state index in [9.17, 15) is 14.7 Å². The van der Waals surface area contributed by atoms with Gasteiger partial charge in [-0.1, -0.05) is 74.9 Å². The first-order valence-corrected chi connectivity index (χ1v) is 14.5. The van der Waals surface area contributed by atoms with Crippen molar-refractivity contribution in [3.05, 3.63) is 76.9 Å². The van der Waals surface area contributed by atoms with E-state index in [1.807, 2.05) is 42.8 Å². The first-order valence-electron chi connectivity index (χ1n) is 13.6. The van der Waals surface area contributed by atoms with Crippen molar-refractivity contribution < 1.29 is 14.7 Å². The Morgan fingerprint density at radius 2 is 1.84 bits per heavy atom. The van der Waals surface area contributed by atoms with Gasteiger partial charge in [0.1, 0.15) is 0 Å². The average molecular weight is 534 g/mol. The lowest BCUT2D eigenvalue weighted by molar-refractivity contribution is -0.140. The van der Waals surface area contributed by atoms with Crippen LogP contribution in [-0.2, 0) is 16.0 Å². The van der Waals surface area contributed by atoms with Crippen LogP contribution in [-0.4, -0.2) is 51.4 Å². The Bertz CT molecular complexity index is 1210. The number of β-amino-alcohol motifs (C(OH)–C–C–N with tert-alkyl or cyclic N) is 1. The van der Waals surface area contributed by atoms with E-state index in [0.717, 1.165) is 33.7 Å². The van der Waals surface area contributed by atoms with Crippen molar-refractivity contribution in [2.24, 2.45) is 5.92 Å². The number of nitrogens with one attached hydrogen (secondary N) is 1. The molecule has 5 atom stereocenters. The Hall–Kier alpha value is -2.87. The molecule has 6 nitrogen and oxygen atoms in total. The van der Waals surface area contributed by atoms with Gasteiger partial charge in [0.05, 0.1) is 34.3 Å². The second-order valence-electron chi connectivity index (χ2n) is 10.5. The number of benzene rings is 2. The molecule has 2 heterocycles. The van der Waals surface area contributed by atoms with Crippen molar-refractivity contribution in [2.45, 2.75) is 77.6 Å². The van der Waals surface area contributed by atoms with Crippen LogP contribution >= 0.6 is 11.3 Å². The molecule has 7 heteroatoms. The number of hydrogen-bond acceptors (Lipinski definition) is 6. The van der Waals surface area contributed by atoms with E-state index >= 15 is 0 Å². The predicted molar refractivity (Wildman–Crippen MR) is 153 cm³/mol. The fourth-order valence-electron chi connectivity index (χ4n) is 5.20. The minimum absolute atomic E-state index is 0.0105. The van der Waals surface area contributed by atoms with E-state index in [1.165, 1.54) is 0 Å². The summed E-state index contributed by atoms with van der Waals surface area (Å²) >= 11 is 1.62. The molecule has 4 rings (SSSR count). The molecule has 1 aromatic heterocycles. The molecule has 2 N–H and O–H groups in total. The van der Waals surface area contributed by atoms with Crippen molar-refractivity contribution in [1.82, 2.24) is 15.2 Å². The Morgan fingerprint density at radius 1 is 1.13 bits per heavy atom. The predicted octanol–water partition coefficient (Wildman–Crippen LogP) is 5.35. The van der Waals surface area contributed by atoms with Gasteiger partial charge < -0.3 is 10.0 Å². The second kappa shape index (κ2) is 12.8. The first-order chi connectivity index (χ1) is 18.3. The number of nitrogens with zero attached hydrogens (tertiary/aromatic N) is 2. The summed E-state index contributed by atoms with van der Waals surface area (Å²) in [4.78, 5) is 34.3. The van der Waals surface area contributed by atoms with Gasteiger partial charge in [0.25, 0.3) is 0 Å². The third-order valence-electron chi connectivity index (χ3n) is 7.76. The van der Waals surface area contributed by atoms with E-state index < -0.39 is 18.2 Å². The number of likely N-dealkylation sites (tertiary alicyclic amines) is 1. The quantitative estimate of drug-likeness (QED) is 0.347. The number of ketones is 1. The highest BCUT2D eigenvalue weighted by atomic mass is 32.1. The van der Waals surface area contributed by atoms with Gasteiger partial charge in [-0.15, -0.1) is 11.3 Å². The van der Waals surface area contributed by atoms with Gasteiger partial charge in [-0.3, -0.25) is 14.9 Å². The van der Waals surface area contributed by atoms with E-state index in [1.54, 1.807) is 16.2 Å². The van der Waals surface area contributed by atoms with Gasteiger partial charge in [0.2, 0.25) is 5.91 Å². The minimum Gasteiger partial charge on any atom is -0.391 e. The molecule has 0 radical (unpaired) electrons. The van der Waals surface area contributed by atoms with Gasteiger partial charge in [0.15, 0.2) is 5.78 Å². The van der Waals surface area contributed by atoms with E-state index in [4.69, 9.17) is 0 Å². The summed E-state index contributed by atoms with van der Waals surface area (Å²) in [6.07, 6.45) is 1.39. The number of aliphatic hydroxyl groups is 1. The number of rotatable bonds is 11. The second-order valence-corrected chi connectivity index (χ2v) is 11.3. The number of hydrogen-bond donors (Lipinski definition) is 2. The molecule has 2 aromatic carbocycles. The number of aromatic nitrogens is 1. The normalized spacial score (nSPS) is 19.8. The van der Waals surface area contributed by atoms with Crippen LogP contribution in [0.1, 0.15) is 62.9 Å². The zero-order valence-corrected chi connectivity index (χ0v) is 23.6. The van der Waals surface area contributed by atoms with Gasteiger partial charge in [-0.25, -0.2) is 4.98 Å². The number of carbonyl (C=O) groups is 2. The maximum atomic E-state index is 13.8. The molecule has 1 aliphatic heterocycles. The molecule has 38 heavy (non-hydrogen) atoms. The van der Waals surface area contributed by atoms with Gasteiger partial charge >= 0.3 is 0 Å².